The minimum absolute atomic E-state index is 0.0238. The van der Waals surface area contributed by atoms with Crippen LogP contribution in [-0.4, -0.2) is 32.0 Å². The Hall–Kier alpha value is -2.70. The number of phenols is 2. The third-order valence-corrected chi connectivity index (χ3v) is 6.40. The molecule has 0 fully saturated rings. The third kappa shape index (κ3) is 2.41. The van der Waals surface area contributed by atoms with E-state index in [-0.39, 0.29) is 22.6 Å². The van der Waals surface area contributed by atoms with Crippen molar-refractivity contribution in [1.29, 1.82) is 0 Å². The molecule has 0 aromatic heterocycles. The van der Waals surface area contributed by atoms with Gasteiger partial charge in [0.25, 0.3) is 0 Å². The van der Waals surface area contributed by atoms with Crippen LogP contribution in [0.15, 0.2) is 36.4 Å². The predicted molar refractivity (Wildman–Crippen MR) is 100 cm³/mol. The summed E-state index contributed by atoms with van der Waals surface area (Å²) in [5.74, 6) is -4.39. The van der Waals surface area contributed by atoms with Crippen LogP contribution in [0.25, 0.3) is 0 Å². The Labute approximate surface area is 162 Å². The highest BCUT2D eigenvalue weighted by atomic mass is 16.3. The van der Waals surface area contributed by atoms with E-state index in [1.54, 1.807) is 38.1 Å². The second-order valence-corrected chi connectivity index (χ2v) is 7.87. The summed E-state index contributed by atoms with van der Waals surface area (Å²) in [6.45, 7) is 3.37. The molecule has 2 aromatic carbocycles. The van der Waals surface area contributed by atoms with E-state index in [2.05, 4.69) is 0 Å². The molecule has 0 radical (unpaired) electrons. The number of benzene rings is 2. The molecule has 0 spiro atoms. The number of hydrogen-bond acceptors (Lipinski definition) is 6. The van der Waals surface area contributed by atoms with Crippen molar-refractivity contribution in [3.63, 3.8) is 0 Å². The van der Waals surface area contributed by atoms with Gasteiger partial charge in [0.1, 0.15) is 11.5 Å². The molecule has 0 saturated heterocycles. The van der Waals surface area contributed by atoms with Crippen LogP contribution in [0, 0.1) is 23.7 Å². The van der Waals surface area contributed by atoms with Crippen molar-refractivity contribution in [2.75, 3.05) is 0 Å². The van der Waals surface area contributed by atoms with Gasteiger partial charge < -0.3 is 20.4 Å². The zero-order valence-corrected chi connectivity index (χ0v) is 15.5. The van der Waals surface area contributed by atoms with Gasteiger partial charge in [-0.25, -0.2) is 0 Å². The number of hydrogen-bond donors (Lipinski definition) is 4. The minimum atomic E-state index is -1.03. The first-order chi connectivity index (χ1) is 13.3. The first-order valence-corrected chi connectivity index (χ1v) is 9.34. The fourth-order valence-corrected chi connectivity index (χ4v) is 4.90. The van der Waals surface area contributed by atoms with Crippen LogP contribution in [0.3, 0.4) is 0 Å². The van der Waals surface area contributed by atoms with Gasteiger partial charge in [-0.15, -0.1) is 0 Å². The van der Waals surface area contributed by atoms with Crippen molar-refractivity contribution in [2.45, 2.75) is 26.1 Å². The number of rotatable bonds is 1. The Morgan fingerprint density at radius 3 is 1.39 bits per heavy atom. The molecule has 2 aliphatic rings. The number of fused-ring (bicyclic) bond motifs is 2. The molecule has 28 heavy (non-hydrogen) atoms. The van der Waals surface area contributed by atoms with Gasteiger partial charge in [-0.2, -0.15) is 0 Å². The number of aliphatic hydroxyl groups excluding tert-OH is 2. The van der Waals surface area contributed by atoms with E-state index in [0.29, 0.717) is 11.1 Å². The van der Waals surface area contributed by atoms with E-state index in [1.807, 2.05) is 0 Å². The van der Waals surface area contributed by atoms with Gasteiger partial charge >= 0.3 is 0 Å². The van der Waals surface area contributed by atoms with E-state index >= 15 is 0 Å². The summed E-state index contributed by atoms with van der Waals surface area (Å²) >= 11 is 0. The summed E-state index contributed by atoms with van der Waals surface area (Å²) in [5.41, 5.74) is 0.730. The Morgan fingerprint density at radius 2 is 1.04 bits per heavy atom. The molecule has 0 amide bonds. The maximum atomic E-state index is 13.3. The molecule has 2 aromatic rings. The largest absolute Gasteiger partial charge is 0.507 e. The minimum Gasteiger partial charge on any atom is -0.507 e. The van der Waals surface area contributed by atoms with Gasteiger partial charge in [0.05, 0.1) is 23.3 Å². The second-order valence-electron chi connectivity index (χ2n) is 7.87. The molecule has 146 valence electrons. The Bertz CT molecular complexity index is 901. The fourth-order valence-electron chi connectivity index (χ4n) is 4.90. The summed E-state index contributed by atoms with van der Waals surface area (Å²) in [4.78, 5) is 26.6. The number of ketones is 2. The Kier molecular flexibility index (Phi) is 4.28. The zero-order valence-electron chi connectivity index (χ0n) is 15.5. The second kappa shape index (κ2) is 6.43. The van der Waals surface area contributed by atoms with Gasteiger partial charge in [0.2, 0.25) is 0 Å². The maximum absolute atomic E-state index is 13.3. The van der Waals surface area contributed by atoms with Crippen molar-refractivity contribution in [3.05, 3.63) is 58.7 Å². The number of phenolic OH excluding ortho intramolecular Hbond substituents is 2. The van der Waals surface area contributed by atoms with Gasteiger partial charge in [-0.05, 0) is 35.1 Å². The molecule has 4 N–H and O–H groups in total. The summed E-state index contributed by atoms with van der Waals surface area (Å²) in [6, 6.07) is 9.05. The molecule has 6 heteroatoms. The smallest absolute Gasteiger partial charge is 0.171 e. The Morgan fingerprint density at radius 1 is 0.679 bits per heavy atom. The molecule has 0 bridgehead atoms. The van der Waals surface area contributed by atoms with E-state index in [0.717, 1.165) is 0 Å². The van der Waals surface area contributed by atoms with Crippen molar-refractivity contribution in [1.82, 2.24) is 0 Å². The highest BCUT2D eigenvalue weighted by Gasteiger charge is 2.52. The van der Waals surface area contributed by atoms with Crippen LogP contribution in [-0.2, 0) is 0 Å². The maximum Gasteiger partial charge on any atom is 0.171 e. The SMILES string of the molecule is C[C@@H]1C(C2C(=O)c3c(O)cccc3[C@H](O)[C@@H]2C)C(=O)c2c(O)cccc2[C@@H]1O. The van der Waals surface area contributed by atoms with Crippen molar-refractivity contribution in [2.24, 2.45) is 23.7 Å². The average molecular weight is 382 g/mol. The normalized spacial score (nSPS) is 32.0. The monoisotopic (exact) mass is 382 g/mol. The van der Waals surface area contributed by atoms with E-state index in [9.17, 15) is 30.0 Å². The molecule has 0 heterocycles. The summed E-state index contributed by atoms with van der Waals surface area (Å²) in [7, 11) is 0. The number of aliphatic hydroxyl groups is 2. The third-order valence-electron chi connectivity index (χ3n) is 6.40. The molecule has 0 saturated carbocycles. The zero-order chi connectivity index (χ0) is 20.3. The molecular formula is C22H22O6. The number of carbonyl (C=O) groups is 2. The lowest BCUT2D eigenvalue weighted by molar-refractivity contribution is 0.00425. The highest BCUT2D eigenvalue weighted by molar-refractivity contribution is 6.09. The van der Waals surface area contributed by atoms with Crippen LogP contribution in [0.1, 0.15) is 57.9 Å². The van der Waals surface area contributed by atoms with Crippen LogP contribution in [0.2, 0.25) is 0 Å². The molecule has 6 nitrogen and oxygen atoms in total. The summed E-state index contributed by atoms with van der Waals surface area (Å²) in [6.07, 6.45) is -2.07. The predicted octanol–water partition coefficient (Wildman–Crippen LogP) is 2.76. The molecule has 4 rings (SSSR count). The average Bonchev–Trinajstić information content (AvgIpc) is 2.66. The number of carbonyl (C=O) groups excluding carboxylic acids is 2. The quantitative estimate of drug-likeness (QED) is 0.603. The fraction of sp³-hybridized carbons (Fsp3) is 0.364. The standard InChI is InChI=1S/C22H22O6/c1-9-15(21(27)17-11(19(9)25)5-3-7-13(17)23)16-10(2)20(26)12-6-4-8-14(24)18(12)22(16)28/h3-10,15-16,19-20,23-26H,1-2H3/t9-,10-,15?,16?,19-,20-/m1/s1. The highest BCUT2D eigenvalue weighted by Crippen LogP contribution is 2.51. The van der Waals surface area contributed by atoms with Crippen LogP contribution in [0.4, 0.5) is 0 Å². The topological polar surface area (TPSA) is 115 Å². The Balaban J connectivity index is 1.87. The number of aromatic hydroxyl groups is 2. The molecule has 2 unspecified atom stereocenters. The number of Topliss-reactive ketones (excluding diaryl/α,β-unsaturated/α-hetero) is 2. The molecular weight excluding hydrogens is 360 g/mol. The van der Waals surface area contributed by atoms with Crippen molar-refractivity contribution < 1.29 is 30.0 Å². The molecule has 6 atom stereocenters. The van der Waals surface area contributed by atoms with Gasteiger partial charge in [0, 0.05) is 11.8 Å². The van der Waals surface area contributed by atoms with E-state index in [1.165, 1.54) is 12.1 Å². The first-order valence-electron chi connectivity index (χ1n) is 9.34. The lowest BCUT2D eigenvalue weighted by atomic mass is 9.60. The van der Waals surface area contributed by atoms with Crippen LogP contribution in [0.5, 0.6) is 11.5 Å². The molecule has 2 aliphatic carbocycles. The van der Waals surface area contributed by atoms with Crippen molar-refractivity contribution in [3.8, 4) is 11.5 Å². The lowest BCUT2D eigenvalue weighted by Gasteiger charge is -2.43. The first kappa shape index (κ1) is 18.7. The molecule has 0 aliphatic heterocycles. The summed E-state index contributed by atoms with van der Waals surface area (Å²) in [5, 5.41) is 42.0. The lowest BCUT2D eigenvalue weighted by Crippen LogP contribution is -2.46. The van der Waals surface area contributed by atoms with Crippen LogP contribution >= 0.6 is 0 Å². The van der Waals surface area contributed by atoms with Crippen molar-refractivity contribution >= 4 is 11.6 Å². The van der Waals surface area contributed by atoms with E-state index in [4.69, 9.17) is 0 Å². The van der Waals surface area contributed by atoms with Gasteiger partial charge in [-0.3, -0.25) is 9.59 Å². The van der Waals surface area contributed by atoms with Gasteiger partial charge in [-0.1, -0.05) is 38.1 Å². The van der Waals surface area contributed by atoms with Crippen LogP contribution < -0.4 is 0 Å². The van der Waals surface area contributed by atoms with E-state index < -0.39 is 47.4 Å². The van der Waals surface area contributed by atoms with Gasteiger partial charge in [0.15, 0.2) is 11.6 Å². The summed E-state index contributed by atoms with van der Waals surface area (Å²) < 4.78 is 0.